The summed E-state index contributed by atoms with van der Waals surface area (Å²) in [6.45, 7) is 9.38. The number of benzene rings is 2. The summed E-state index contributed by atoms with van der Waals surface area (Å²) >= 11 is 0. The van der Waals surface area contributed by atoms with Gasteiger partial charge >= 0.3 is 5.97 Å². The first-order valence-corrected chi connectivity index (χ1v) is 22.5. The van der Waals surface area contributed by atoms with Crippen molar-refractivity contribution < 1.29 is 43.5 Å². The molecule has 0 unspecified atom stereocenters. The van der Waals surface area contributed by atoms with Crippen LogP contribution in [-0.2, 0) is 50.2 Å². The Bertz CT molecular complexity index is 2160. The van der Waals surface area contributed by atoms with Gasteiger partial charge in [0.25, 0.3) is 0 Å². The van der Waals surface area contributed by atoms with Crippen molar-refractivity contribution in [2.75, 3.05) is 11.9 Å². The molecule has 2 aromatic rings. The third-order valence-corrected chi connectivity index (χ3v) is 12.4. The number of carbonyl (C=O) groups excluding carboxylic acids is 7. The fraction of sp³-hybridized carbons (Fsp3) is 0.500. The molecule has 7 amide bonds. The molecule has 18 nitrogen and oxygen atoms in total. The summed E-state index contributed by atoms with van der Waals surface area (Å²) in [7, 11) is 0. The number of allylic oxidation sites excluding steroid dienone is 4. The molecule has 18 heteroatoms. The molecule has 2 heterocycles. The predicted octanol–water partition coefficient (Wildman–Crippen LogP) is 2.16. The average molecular weight is 914 g/mol. The van der Waals surface area contributed by atoms with E-state index in [0.717, 1.165) is 29.7 Å². The minimum Gasteiger partial charge on any atom is -0.480 e. The van der Waals surface area contributed by atoms with Gasteiger partial charge in [-0.25, -0.2) is 4.79 Å². The molecule has 2 aliphatic heterocycles. The van der Waals surface area contributed by atoms with Crippen LogP contribution in [0.1, 0.15) is 104 Å². The number of hydrogen-bond donors (Lipinski definition) is 9. The van der Waals surface area contributed by atoms with Crippen LogP contribution in [0.15, 0.2) is 77.9 Å². The Morgan fingerprint density at radius 2 is 1.44 bits per heavy atom. The molecule has 0 bridgehead atoms. The van der Waals surface area contributed by atoms with E-state index < -0.39 is 89.1 Å². The highest BCUT2D eigenvalue weighted by molar-refractivity contribution is 5.98. The molecule has 1 fully saturated rings. The number of hydrogen-bond acceptors (Lipinski definition) is 10. The standard InChI is InChI=1S/C48H67N9O9/c1-6-30(5)41(56-40(60)27-49)44(63)54-36(25-31-15-8-7-9-16-31)45(64)57-37(43(62)52-34(19-21-38(50)58)42(61)53-35(46(65)66)20-22-39(51)59)26-48(24-23-29(4)14-12-13-28(2)3)32-17-10-11-18-33(32)55-47(48)57/h7-11,13,15-18,23,30,34-37,41,47,55H,6,12,14,19-22,24-27,49H2,1-5H3,(H2,50,58)(H2,51,59)(H,52,62)(H,53,61)(H,54,63)(H,56,60)(H,65,66)/b29-23+/t30-,34-,35-,36-,37-,41-,47+,48+/m0/s1. The number of carboxylic acid groups (broad SMARTS) is 1. The molecule has 2 aliphatic rings. The van der Waals surface area contributed by atoms with E-state index in [9.17, 15) is 33.9 Å². The molecule has 0 radical (unpaired) electrons. The number of nitrogens with zero attached hydrogens (tertiary/aromatic N) is 1. The minimum absolute atomic E-state index is 0.00409. The molecular weight excluding hydrogens is 847 g/mol. The van der Waals surface area contributed by atoms with Crippen LogP contribution >= 0.6 is 0 Å². The lowest BCUT2D eigenvalue weighted by molar-refractivity contribution is -0.145. The number of nitrogens with two attached hydrogens (primary N) is 3. The van der Waals surface area contributed by atoms with Gasteiger partial charge in [-0.05, 0) is 82.4 Å². The number of para-hydroxylation sites is 1. The van der Waals surface area contributed by atoms with Crippen molar-refractivity contribution in [3.8, 4) is 0 Å². The van der Waals surface area contributed by atoms with Gasteiger partial charge in [0, 0.05) is 30.4 Å². The zero-order valence-electron chi connectivity index (χ0n) is 38.6. The molecule has 8 atom stereocenters. The predicted molar refractivity (Wildman–Crippen MR) is 249 cm³/mol. The zero-order valence-corrected chi connectivity index (χ0v) is 38.6. The summed E-state index contributed by atoms with van der Waals surface area (Å²) < 4.78 is 0. The highest BCUT2D eigenvalue weighted by atomic mass is 16.4. The van der Waals surface area contributed by atoms with E-state index in [2.05, 4.69) is 38.7 Å². The molecule has 4 rings (SSSR count). The maximum atomic E-state index is 15.6. The average Bonchev–Trinajstić information content (AvgIpc) is 3.77. The lowest BCUT2D eigenvalue weighted by Gasteiger charge is -2.36. The zero-order chi connectivity index (χ0) is 48.7. The van der Waals surface area contributed by atoms with Crippen LogP contribution < -0.4 is 43.8 Å². The Morgan fingerprint density at radius 3 is 2.05 bits per heavy atom. The van der Waals surface area contributed by atoms with E-state index >= 15 is 9.59 Å². The van der Waals surface area contributed by atoms with Gasteiger partial charge in [0.15, 0.2) is 0 Å². The van der Waals surface area contributed by atoms with Crippen LogP contribution in [-0.4, -0.2) is 100 Å². The second-order valence-corrected chi connectivity index (χ2v) is 17.6. The van der Waals surface area contributed by atoms with Gasteiger partial charge in [-0.15, -0.1) is 0 Å². The number of carbonyl (C=O) groups is 8. The summed E-state index contributed by atoms with van der Waals surface area (Å²) in [6.07, 6.45) is 4.54. The number of primary amides is 2. The molecule has 12 N–H and O–H groups in total. The second kappa shape index (κ2) is 24.1. The summed E-state index contributed by atoms with van der Waals surface area (Å²) in [5.74, 6) is -6.95. The Labute approximate surface area is 386 Å². The van der Waals surface area contributed by atoms with E-state index in [4.69, 9.17) is 17.2 Å². The normalized spacial score (nSPS) is 19.6. The van der Waals surface area contributed by atoms with Crippen molar-refractivity contribution in [2.45, 2.75) is 141 Å². The fourth-order valence-electron chi connectivity index (χ4n) is 8.57. The van der Waals surface area contributed by atoms with Crippen molar-refractivity contribution in [3.05, 3.63) is 89.0 Å². The Morgan fingerprint density at radius 1 is 0.818 bits per heavy atom. The second-order valence-electron chi connectivity index (χ2n) is 17.6. The van der Waals surface area contributed by atoms with Crippen LogP contribution in [0.4, 0.5) is 5.69 Å². The molecule has 2 aromatic carbocycles. The van der Waals surface area contributed by atoms with Gasteiger partial charge in [0.05, 0.1) is 6.54 Å². The summed E-state index contributed by atoms with van der Waals surface area (Å²) in [5, 5.41) is 24.1. The van der Waals surface area contributed by atoms with Crippen LogP contribution in [0.3, 0.4) is 0 Å². The topological polar surface area (TPSA) is 298 Å². The van der Waals surface area contributed by atoms with Gasteiger partial charge in [-0.1, -0.05) is 92.1 Å². The van der Waals surface area contributed by atoms with Crippen LogP contribution in [0.5, 0.6) is 0 Å². The number of aliphatic carboxylic acids is 1. The monoisotopic (exact) mass is 914 g/mol. The number of nitrogens with one attached hydrogen (secondary N) is 5. The lowest BCUT2D eigenvalue weighted by atomic mass is 9.74. The van der Waals surface area contributed by atoms with Crippen LogP contribution in [0, 0.1) is 5.92 Å². The number of fused-ring (bicyclic) bond motifs is 3. The summed E-state index contributed by atoms with van der Waals surface area (Å²) in [4.78, 5) is 108. The fourth-order valence-corrected chi connectivity index (χ4v) is 8.57. The summed E-state index contributed by atoms with van der Waals surface area (Å²) in [5.41, 5.74) is 20.0. The molecular formula is C48H67N9O9. The summed E-state index contributed by atoms with van der Waals surface area (Å²) in [6, 6.07) is 9.86. The highest BCUT2D eigenvalue weighted by Crippen LogP contribution is 2.53. The molecule has 66 heavy (non-hydrogen) atoms. The third-order valence-electron chi connectivity index (χ3n) is 12.4. The highest BCUT2D eigenvalue weighted by Gasteiger charge is 2.61. The Balaban J connectivity index is 1.86. The van der Waals surface area contributed by atoms with E-state index in [1.807, 2.05) is 58.0 Å². The quantitative estimate of drug-likeness (QED) is 0.0651. The molecule has 0 aliphatic carbocycles. The van der Waals surface area contributed by atoms with Crippen molar-refractivity contribution in [1.29, 1.82) is 0 Å². The van der Waals surface area contributed by atoms with Gasteiger partial charge in [0.2, 0.25) is 41.4 Å². The number of rotatable bonds is 25. The Kier molecular flexibility index (Phi) is 19.0. The molecule has 0 saturated carbocycles. The van der Waals surface area contributed by atoms with Gasteiger partial charge in [-0.3, -0.25) is 33.6 Å². The van der Waals surface area contributed by atoms with Gasteiger partial charge in [-0.2, -0.15) is 0 Å². The smallest absolute Gasteiger partial charge is 0.326 e. The first kappa shape index (κ1) is 52.1. The van der Waals surface area contributed by atoms with E-state index in [-0.39, 0.29) is 51.0 Å². The molecule has 0 spiro atoms. The SMILES string of the molecule is CC[C@H](C)[C@H](NC(=O)CN)C(=O)N[C@@H](Cc1ccccc1)C(=O)N1[C@H]2Nc3ccccc3[C@@]2(C/C=C(\C)CCC=C(C)C)C[C@H]1C(=O)N[C@@H](CCC(N)=O)C(=O)N[C@@H](CCC(N)=O)C(=O)O. The Hall–Kier alpha value is -6.56. The number of anilines is 1. The van der Waals surface area contributed by atoms with Gasteiger partial charge < -0.3 is 53.8 Å². The van der Waals surface area contributed by atoms with Crippen LogP contribution in [0.2, 0.25) is 0 Å². The molecule has 358 valence electrons. The van der Waals surface area contributed by atoms with E-state index in [0.29, 0.717) is 18.4 Å². The number of amides is 7. The lowest BCUT2D eigenvalue weighted by Crippen LogP contribution is -2.62. The molecule has 1 saturated heterocycles. The van der Waals surface area contributed by atoms with Crippen molar-refractivity contribution in [3.63, 3.8) is 0 Å². The maximum absolute atomic E-state index is 15.6. The van der Waals surface area contributed by atoms with Crippen molar-refractivity contribution >= 4 is 53.0 Å². The van der Waals surface area contributed by atoms with Gasteiger partial charge in [0.1, 0.15) is 36.4 Å². The first-order valence-electron chi connectivity index (χ1n) is 22.5. The first-order chi connectivity index (χ1) is 31.3. The van der Waals surface area contributed by atoms with Crippen molar-refractivity contribution in [1.82, 2.24) is 26.2 Å². The third kappa shape index (κ3) is 13.7. The maximum Gasteiger partial charge on any atom is 0.326 e. The largest absolute Gasteiger partial charge is 0.480 e. The van der Waals surface area contributed by atoms with E-state index in [1.165, 1.54) is 10.5 Å². The number of likely N-dealkylation sites (tertiary alicyclic amines) is 1. The number of carboxylic acids is 1. The van der Waals surface area contributed by atoms with E-state index in [1.54, 1.807) is 31.2 Å². The minimum atomic E-state index is -1.56. The molecule has 0 aromatic heterocycles. The van der Waals surface area contributed by atoms with Crippen molar-refractivity contribution in [2.24, 2.45) is 23.1 Å². The van der Waals surface area contributed by atoms with Crippen LogP contribution in [0.25, 0.3) is 0 Å².